The van der Waals surface area contributed by atoms with Crippen molar-refractivity contribution in [1.29, 1.82) is 0 Å². The fraction of sp³-hybridized carbons (Fsp3) is 0.128. The van der Waals surface area contributed by atoms with Gasteiger partial charge in [-0.3, -0.25) is 9.59 Å². The lowest BCUT2D eigenvalue weighted by molar-refractivity contribution is 0.457. The number of nitrogens with zero attached hydrogens (tertiary/aromatic N) is 2. The van der Waals surface area contributed by atoms with Crippen molar-refractivity contribution in [3.63, 3.8) is 0 Å². The molecular formula is C39H28Cl4N2O4S6. The van der Waals surface area contributed by atoms with Crippen LogP contribution in [-0.4, -0.2) is 30.0 Å². The smallest absolute Gasteiger partial charge is 0.283 e. The minimum atomic E-state index is -0.393. The van der Waals surface area contributed by atoms with Gasteiger partial charge in [-0.2, -0.15) is 4.98 Å². The summed E-state index contributed by atoms with van der Waals surface area (Å²) in [6.45, 7) is 7.49. The van der Waals surface area contributed by atoms with Crippen LogP contribution in [0.5, 0.6) is 10.9 Å². The van der Waals surface area contributed by atoms with Crippen LogP contribution < -0.4 is 15.0 Å². The van der Waals surface area contributed by atoms with E-state index in [0.29, 0.717) is 50.7 Å². The van der Waals surface area contributed by atoms with E-state index < -0.39 is 5.56 Å². The second-order valence-corrected chi connectivity index (χ2v) is 17.1. The van der Waals surface area contributed by atoms with Gasteiger partial charge in [0.25, 0.3) is 5.56 Å². The first-order valence-electron chi connectivity index (χ1n) is 15.7. The van der Waals surface area contributed by atoms with Crippen molar-refractivity contribution in [2.45, 2.75) is 27.7 Å². The molecule has 2 heterocycles. The fourth-order valence-corrected chi connectivity index (χ4v) is 8.01. The Kier molecular flexibility index (Phi) is 16.5. The molecular weight excluding hydrogens is 895 g/mol. The highest BCUT2D eigenvalue weighted by Crippen LogP contribution is 2.41. The van der Waals surface area contributed by atoms with Crippen LogP contribution in [0.2, 0.25) is 20.1 Å². The Balaban J connectivity index is 0.000000231. The predicted molar refractivity (Wildman–Crippen MR) is 246 cm³/mol. The summed E-state index contributed by atoms with van der Waals surface area (Å²) in [5.41, 5.74) is 6.34. The number of aromatic hydroxyl groups is 1. The van der Waals surface area contributed by atoms with Gasteiger partial charge in [-0.05, 0) is 140 Å². The zero-order valence-corrected chi connectivity index (χ0v) is 37.4. The van der Waals surface area contributed by atoms with Crippen LogP contribution in [0.25, 0.3) is 43.4 Å². The van der Waals surface area contributed by atoms with E-state index in [1.807, 2.05) is 68.6 Å². The molecule has 2 aromatic heterocycles. The van der Waals surface area contributed by atoms with Gasteiger partial charge in [-0.15, -0.1) is 0 Å². The van der Waals surface area contributed by atoms with Gasteiger partial charge in [-0.1, -0.05) is 117 Å². The molecule has 0 atom stereocenters. The lowest BCUT2D eigenvalue weighted by Gasteiger charge is -2.15. The summed E-state index contributed by atoms with van der Waals surface area (Å²) < 4.78 is 7.84. The molecule has 55 heavy (non-hydrogen) atoms. The van der Waals surface area contributed by atoms with Gasteiger partial charge >= 0.3 is 0 Å². The van der Waals surface area contributed by atoms with Crippen molar-refractivity contribution in [3.05, 3.63) is 135 Å². The van der Waals surface area contributed by atoms with Gasteiger partial charge in [0.05, 0.1) is 0 Å². The maximum atomic E-state index is 13.1. The first-order chi connectivity index (χ1) is 26.1. The van der Waals surface area contributed by atoms with Gasteiger partial charge in [0.2, 0.25) is 15.0 Å². The van der Waals surface area contributed by atoms with Gasteiger partial charge in [0, 0.05) is 35.5 Å². The summed E-state index contributed by atoms with van der Waals surface area (Å²) in [6, 6.07) is 21.4. The Morgan fingerprint density at radius 1 is 0.691 bits per heavy atom. The molecule has 0 aliphatic heterocycles. The zero-order valence-electron chi connectivity index (χ0n) is 29.5. The summed E-state index contributed by atoms with van der Waals surface area (Å²) in [6.07, 6.45) is 1.82. The molecule has 0 aliphatic rings. The average molecular weight is 923 g/mol. The molecule has 6 nitrogen and oxygen atoms in total. The van der Waals surface area contributed by atoms with Gasteiger partial charge < -0.3 is 9.84 Å². The molecule has 0 saturated heterocycles. The minimum Gasteiger partial charge on any atom is -0.493 e. The topological polar surface area (TPSA) is 89.4 Å². The lowest BCUT2D eigenvalue weighted by Crippen LogP contribution is -2.14. The van der Waals surface area contributed by atoms with Crippen molar-refractivity contribution >= 4 is 126 Å². The molecule has 0 fully saturated rings. The summed E-state index contributed by atoms with van der Waals surface area (Å²) in [5, 5.41) is 14.1. The van der Waals surface area contributed by atoms with Gasteiger partial charge in [0.15, 0.2) is 5.06 Å². The number of aryl methyl sites for hydroxylation is 2. The third-order valence-corrected chi connectivity index (χ3v) is 12.1. The molecule has 6 rings (SSSR count). The molecule has 0 spiro atoms. The van der Waals surface area contributed by atoms with Crippen molar-refractivity contribution in [2.24, 2.45) is 0 Å². The largest absolute Gasteiger partial charge is 0.493 e. The van der Waals surface area contributed by atoms with E-state index in [0.717, 1.165) is 50.3 Å². The number of benzene rings is 4. The molecule has 6 aromatic rings. The van der Waals surface area contributed by atoms with E-state index in [4.69, 9.17) is 63.4 Å². The molecule has 4 aromatic carbocycles. The highest BCUT2D eigenvalue weighted by atomic mass is 35.5. The Morgan fingerprint density at radius 3 is 1.56 bits per heavy atom. The standard InChI is InChI=1S/C20H15Cl2NO2S3.C18H13Cl2NO2S.CS2/c1-10-4-9-14(22)11(2)15(10)16-17(24)23-18(12-5-7-13(21)8-6-12)28-19(16)25-20(26)27-3;1-9-3-8-13(20)10(2)14(9)15-16(22)21-17(24-18(15)23)11-4-6-12(19)7-5-11;2-1-3/h4-9H,1-3H3;3-8,22H,1-2H3;. The Bertz CT molecular complexity index is 2540. The Hall–Kier alpha value is -3.10. The number of halogens is 4. The first-order valence-corrected chi connectivity index (χ1v) is 21.3. The molecule has 1 N–H and O–H groups in total. The van der Waals surface area contributed by atoms with Gasteiger partial charge in [-0.25, -0.2) is 4.98 Å². The Morgan fingerprint density at radius 2 is 1.13 bits per heavy atom. The maximum Gasteiger partial charge on any atom is 0.283 e. The molecule has 0 amide bonds. The number of ether oxygens (including phenoxy) is 1. The number of hydrogen-bond acceptors (Lipinski definition) is 12. The third kappa shape index (κ3) is 11.1. The fourth-order valence-electron chi connectivity index (χ4n) is 5.26. The van der Waals surface area contributed by atoms with E-state index in [-0.39, 0.29) is 16.2 Å². The van der Waals surface area contributed by atoms with E-state index in [1.54, 1.807) is 42.5 Å². The minimum absolute atomic E-state index is 0.190. The maximum absolute atomic E-state index is 13.1. The van der Waals surface area contributed by atoms with Crippen LogP contribution in [0.4, 0.5) is 0 Å². The van der Waals surface area contributed by atoms with Crippen LogP contribution >= 0.6 is 117 Å². The molecule has 282 valence electrons. The molecule has 16 heteroatoms. The van der Waals surface area contributed by atoms with Crippen LogP contribution in [0.3, 0.4) is 0 Å². The summed E-state index contributed by atoms with van der Waals surface area (Å²) in [4.78, 5) is 34.3. The van der Waals surface area contributed by atoms with Crippen molar-refractivity contribution in [3.8, 4) is 54.3 Å². The summed E-state index contributed by atoms with van der Waals surface area (Å²) >= 11 is 41.0. The van der Waals surface area contributed by atoms with Crippen molar-refractivity contribution < 1.29 is 9.84 Å². The van der Waals surface area contributed by atoms with Crippen LogP contribution in [0.1, 0.15) is 22.3 Å². The van der Waals surface area contributed by atoms with Crippen LogP contribution in [0.15, 0.2) is 82.4 Å². The van der Waals surface area contributed by atoms with Crippen LogP contribution in [0, 0.1) is 27.7 Å². The highest BCUT2D eigenvalue weighted by Gasteiger charge is 2.22. The molecule has 0 radical (unpaired) electrons. The van der Waals surface area contributed by atoms with Crippen molar-refractivity contribution in [1.82, 2.24) is 9.97 Å². The molecule has 0 saturated carbocycles. The second kappa shape index (κ2) is 20.4. The van der Waals surface area contributed by atoms with E-state index in [9.17, 15) is 14.7 Å². The number of thioether (sulfide) groups is 1. The predicted octanol–water partition coefficient (Wildman–Crippen LogP) is 13.3. The molecule has 0 unspecified atom stereocenters. The monoisotopic (exact) mass is 920 g/mol. The van der Waals surface area contributed by atoms with E-state index in [2.05, 4.69) is 34.4 Å². The van der Waals surface area contributed by atoms with Gasteiger partial charge in [0.1, 0.15) is 21.1 Å². The lowest BCUT2D eigenvalue weighted by atomic mass is 9.98. The van der Waals surface area contributed by atoms with Crippen LogP contribution in [-0.2, 0) is 0 Å². The quantitative estimate of drug-likeness (QED) is 0.169. The highest BCUT2D eigenvalue weighted by molar-refractivity contribution is 8.22. The number of hydrogen-bond donors (Lipinski definition) is 1. The Labute approximate surface area is 366 Å². The van der Waals surface area contributed by atoms with Crippen molar-refractivity contribution in [2.75, 3.05) is 6.26 Å². The van der Waals surface area contributed by atoms with E-state index in [1.165, 1.54) is 23.1 Å². The van der Waals surface area contributed by atoms with E-state index >= 15 is 0 Å². The average Bonchev–Trinajstić information content (AvgIpc) is 3.14. The zero-order chi connectivity index (χ0) is 40.6. The summed E-state index contributed by atoms with van der Waals surface area (Å²) in [7, 11) is 0. The summed E-state index contributed by atoms with van der Waals surface area (Å²) in [5.74, 6) is -0.294. The number of thiocarbonyl (C=S) groups is 3. The SMILES string of the molecule is CSC(=S)Oc1sc(-c2ccc(Cl)cc2)nc(=O)c1-c1c(C)ccc(Cl)c1C.Cc1ccc(Cl)c(C)c1-c1c(O)nc(-c2ccc(Cl)cc2)sc1=O.S=C=S. The first kappa shape index (κ1) is 44.6. The third-order valence-electron chi connectivity index (χ3n) is 7.87. The molecule has 0 aliphatic carbocycles. The normalized spacial score (nSPS) is 10.3. The number of aromatic nitrogens is 2. The number of rotatable bonds is 5. The second-order valence-electron chi connectivity index (χ2n) is 11.4. The molecule has 0 bridgehead atoms.